The van der Waals surface area contributed by atoms with E-state index in [-0.39, 0.29) is 11.6 Å². The number of nitrogens with zero attached hydrogens (tertiary/aromatic N) is 1. The van der Waals surface area contributed by atoms with E-state index in [0.29, 0.717) is 18.7 Å². The molecule has 1 amide bonds. The lowest BCUT2D eigenvalue weighted by Crippen LogP contribution is -2.26. The van der Waals surface area contributed by atoms with Crippen LogP contribution in [0.2, 0.25) is 0 Å². The average Bonchev–Trinajstić information content (AvgIpc) is 2.82. The Labute approximate surface area is 97.7 Å². The van der Waals surface area contributed by atoms with Gasteiger partial charge in [0.25, 0.3) is 11.6 Å². The van der Waals surface area contributed by atoms with Crippen LogP contribution < -0.4 is 5.32 Å². The summed E-state index contributed by atoms with van der Waals surface area (Å²) in [4.78, 5) is 21.8. The minimum atomic E-state index is -0.498. The van der Waals surface area contributed by atoms with Crippen LogP contribution in [0, 0.1) is 10.1 Å². The standard InChI is InChI=1S/C11H12N2O4/c14-11(10-5-2-6-17-10)12-8-3-1-4-9(7-8)13(15)16/h1,3-4,7,10H,2,5-6H2,(H,12,14)/t10-/m0/s1. The van der Waals surface area contributed by atoms with Gasteiger partial charge in [-0.15, -0.1) is 0 Å². The van der Waals surface area contributed by atoms with Crippen LogP contribution in [0.5, 0.6) is 0 Å². The minimum absolute atomic E-state index is 0.0462. The van der Waals surface area contributed by atoms with Crippen molar-refractivity contribution in [2.45, 2.75) is 18.9 Å². The second kappa shape index (κ2) is 4.92. The first kappa shape index (κ1) is 11.5. The monoisotopic (exact) mass is 236 g/mol. The molecule has 90 valence electrons. The van der Waals surface area contributed by atoms with Crippen LogP contribution in [-0.4, -0.2) is 23.5 Å². The summed E-state index contributed by atoms with van der Waals surface area (Å²) in [5.41, 5.74) is 0.370. The average molecular weight is 236 g/mol. The Bertz CT molecular complexity index is 441. The molecule has 1 aromatic rings. The Morgan fingerprint density at radius 1 is 1.53 bits per heavy atom. The molecule has 1 saturated heterocycles. The first-order chi connectivity index (χ1) is 8.16. The molecule has 0 unspecified atom stereocenters. The predicted octanol–water partition coefficient (Wildman–Crippen LogP) is 1.71. The van der Waals surface area contributed by atoms with Crippen LogP contribution in [0.15, 0.2) is 24.3 Å². The zero-order valence-corrected chi connectivity index (χ0v) is 9.09. The van der Waals surface area contributed by atoms with Crippen molar-refractivity contribution < 1.29 is 14.5 Å². The molecule has 6 heteroatoms. The van der Waals surface area contributed by atoms with E-state index in [9.17, 15) is 14.9 Å². The number of anilines is 1. The first-order valence-electron chi connectivity index (χ1n) is 5.34. The first-order valence-corrected chi connectivity index (χ1v) is 5.34. The maximum Gasteiger partial charge on any atom is 0.271 e. The van der Waals surface area contributed by atoms with Gasteiger partial charge in [0.2, 0.25) is 0 Å². The summed E-state index contributed by atoms with van der Waals surface area (Å²) in [6.45, 7) is 0.590. The van der Waals surface area contributed by atoms with Crippen LogP contribution in [-0.2, 0) is 9.53 Å². The van der Waals surface area contributed by atoms with Crippen molar-refractivity contribution in [2.24, 2.45) is 0 Å². The van der Waals surface area contributed by atoms with Crippen molar-refractivity contribution in [1.82, 2.24) is 0 Å². The highest BCUT2D eigenvalue weighted by Crippen LogP contribution is 2.19. The number of nitro groups is 1. The van der Waals surface area contributed by atoms with E-state index >= 15 is 0 Å². The van der Waals surface area contributed by atoms with Gasteiger partial charge in [0.1, 0.15) is 6.10 Å². The van der Waals surface area contributed by atoms with Crippen molar-refractivity contribution in [1.29, 1.82) is 0 Å². The second-order valence-corrected chi connectivity index (χ2v) is 3.80. The number of carbonyl (C=O) groups is 1. The second-order valence-electron chi connectivity index (χ2n) is 3.80. The summed E-state index contributed by atoms with van der Waals surface area (Å²) >= 11 is 0. The third-order valence-electron chi connectivity index (χ3n) is 2.55. The summed E-state index contributed by atoms with van der Waals surface area (Å²) < 4.78 is 5.22. The van der Waals surface area contributed by atoms with Gasteiger partial charge in [0.15, 0.2) is 0 Å². The van der Waals surface area contributed by atoms with E-state index in [1.165, 1.54) is 18.2 Å². The predicted molar refractivity (Wildman–Crippen MR) is 60.7 cm³/mol. The Balaban J connectivity index is 2.05. The summed E-state index contributed by atoms with van der Waals surface area (Å²) in [5, 5.41) is 13.2. The topological polar surface area (TPSA) is 81.5 Å². The van der Waals surface area contributed by atoms with E-state index < -0.39 is 11.0 Å². The zero-order valence-electron chi connectivity index (χ0n) is 9.09. The maximum absolute atomic E-state index is 11.7. The van der Waals surface area contributed by atoms with Crippen molar-refractivity contribution in [2.75, 3.05) is 11.9 Å². The van der Waals surface area contributed by atoms with E-state index in [1.54, 1.807) is 6.07 Å². The normalized spacial score (nSPS) is 18.9. The molecular formula is C11H12N2O4. The molecule has 0 spiro atoms. The van der Waals surface area contributed by atoms with Crippen LogP contribution in [0.1, 0.15) is 12.8 Å². The number of rotatable bonds is 3. The molecule has 0 aliphatic carbocycles. The van der Waals surface area contributed by atoms with Crippen LogP contribution in [0.4, 0.5) is 11.4 Å². The molecule has 1 atom stereocenters. The molecule has 1 aromatic carbocycles. The molecule has 1 N–H and O–H groups in total. The number of hydrogen-bond acceptors (Lipinski definition) is 4. The molecule has 1 fully saturated rings. The SMILES string of the molecule is O=C(Nc1cccc([N+](=O)[O-])c1)[C@@H]1CCCO1. The fourth-order valence-corrected chi connectivity index (χ4v) is 1.70. The third-order valence-corrected chi connectivity index (χ3v) is 2.55. The lowest BCUT2D eigenvalue weighted by Gasteiger charge is -2.09. The van der Waals surface area contributed by atoms with Gasteiger partial charge in [0, 0.05) is 24.4 Å². The van der Waals surface area contributed by atoms with Crippen LogP contribution in [0.25, 0.3) is 0 Å². The minimum Gasteiger partial charge on any atom is -0.368 e. The van der Waals surface area contributed by atoms with Gasteiger partial charge in [0.05, 0.1) is 4.92 Å². The van der Waals surface area contributed by atoms with Gasteiger partial charge in [-0.05, 0) is 18.9 Å². The van der Waals surface area contributed by atoms with Gasteiger partial charge < -0.3 is 10.1 Å². The summed E-state index contributed by atoms with van der Waals surface area (Å²) in [5.74, 6) is -0.247. The molecule has 0 aromatic heterocycles. The number of nitrogens with one attached hydrogen (secondary N) is 1. The van der Waals surface area contributed by atoms with Crippen LogP contribution in [0.3, 0.4) is 0 Å². The maximum atomic E-state index is 11.7. The zero-order chi connectivity index (χ0) is 12.3. The van der Waals surface area contributed by atoms with Crippen molar-refractivity contribution in [3.63, 3.8) is 0 Å². The number of nitro benzene ring substituents is 1. The van der Waals surface area contributed by atoms with Crippen LogP contribution >= 0.6 is 0 Å². The number of benzene rings is 1. The molecule has 1 aliphatic rings. The molecule has 0 radical (unpaired) electrons. The van der Waals surface area contributed by atoms with E-state index in [4.69, 9.17) is 4.74 Å². The Hall–Kier alpha value is -1.95. The molecule has 0 bridgehead atoms. The van der Waals surface area contributed by atoms with E-state index in [1.807, 2.05) is 0 Å². The lowest BCUT2D eigenvalue weighted by atomic mass is 10.2. The van der Waals surface area contributed by atoms with Gasteiger partial charge >= 0.3 is 0 Å². The van der Waals surface area contributed by atoms with Crippen molar-refractivity contribution >= 4 is 17.3 Å². The molecule has 1 heterocycles. The molecule has 0 saturated carbocycles. The smallest absolute Gasteiger partial charge is 0.271 e. The summed E-state index contributed by atoms with van der Waals surface area (Å²) in [6.07, 6.45) is 1.13. The van der Waals surface area contributed by atoms with Gasteiger partial charge in [-0.1, -0.05) is 6.07 Å². The highest BCUT2D eigenvalue weighted by Gasteiger charge is 2.23. The molecule has 17 heavy (non-hydrogen) atoms. The number of carbonyl (C=O) groups excluding carboxylic acids is 1. The van der Waals surface area contributed by atoms with Gasteiger partial charge in [-0.25, -0.2) is 0 Å². The van der Waals surface area contributed by atoms with E-state index in [0.717, 1.165) is 6.42 Å². The molecule has 1 aliphatic heterocycles. The summed E-state index contributed by atoms with van der Waals surface area (Å²) in [6, 6.07) is 5.84. The Morgan fingerprint density at radius 2 is 2.35 bits per heavy atom. The largest absolute Gasteiger partial charge is 0.368 e. The molecular weight excluding hydrogens is 224 g/mol. The number of non-ortho nitro benzene ring substituents is 1. The number of amides is 1. The Morgan fingerprint density at radius 3 is 3.00 bits per heavy atom. The molecule has 2 rings (SSSR count). The van der Waals surface area contributed by atoms with Crippen molar-refractivity contribution in [3.05, 3.63) is 34.4 Å². The van der Waals surface area contributed by atoms with Gasteiger partial charge in [-0.2, -0.15) is 0 Å². The third kappa shape index (κ3) is 2.79. The summed E-state index contributed by atoms with van der Waals surface area (Å²) in [7, 11) is 0. The highest BCUT2D eigenvalue weighted by atomic mass is 16.6. The fourth-order valence-electron chi connectivity index (χ4n) is 1.70. The van der Waals surface area contributed by atoms with Gasteiger partial charge in [-0.3, -0.25) is 14.9 Å². The number of ether oxygens (including phenoxy) is 1. The quantitative estimate of drug-likeness (QED) is 0.639. The van der Waals surface area contributed by atoms with E-state index in [2.05, 4.69) is 5.32 Å². The number of hydrogen-bond donors (Lipinski definition) is 1. The van der Waals surface area contributed by atoms with Crippen molar-refractivity contribution in [3.8, 4) is 0 Å². The lowest BCUT2D eigenvalue weighted by molar-refractivity contribution is -0.384. The molecule has 6 nitrogen and oxygen atoms in total. The Kier molecular flexibility index (Phi) is 3.34. The highest BCUT2D eigenvalue weighted by molar-refractivity contribution is 5.94. The fraction of sp³-hybridized carbons (Fsp3) is 0.364.